The number of carbonyl (C=O) groups is 1. The van der Waals surface area contributed by atoms with Gasteiger partial charge in [-0.3, -0.25) is 4.79 Å². The monoisotopic (exact) mass is 259 g/mol. The molecule has 19 heavy (non-hydrogen) atoms. The molecular weight excluding hydrogens is 238 g/mol. The number of para-hydroxylation sites is 1. The van der Waals surface area contributed by atoms with E-state index in [0.29, 0.717) is 6.04 Å². The smallest absolute Gasteiger partial charge is 0.244 e. The van der Waals surface area contributed by atoms with Crippen molar-refractivity contribution < 1.29 is 9.53 Å². The predicted octanol–water partition coefficient (Wildman–Crippen LogP) is 3.16. The first kappa shape index (κ1) is 13.7. The van der Waals surface area contributed by atoms with Crippen LogP contribution in [0.25, 0.3) is 6.08 Å². The first-order valence-corrected chi connectivity index (χ1v) is 6.91. The van der Waals surface area contributed by atoms with Crippen molar-refractivity contribution in [3.8, 4) is 5.75 Å². The molecule has 1 saturated carbocycles. The molecule has 0 saturated heterocycles. The number of benzene rings is 1. The molecule has 0 radical (unpaired) electrons. The van der Waals surface area contributed by atoms with Gasteiger partial charge in [0.25, 0.3) is 0 Å². The van der Waals surface area contributed by atoms with Crippen LogP contribution in [0.3, 0.4) is 0 Å². The van der Waals surface area contributed by atoms with Crippen LogP contribution < -0.4 is 10.1 Å². The third-order valence-corrected chi connectivity index (χ3v) is 3.50. The molecule has 3 heteroatoms. The van der Waals surface area contributed by atoms with Gasteiger partial charge in [0.1, 0.15) is 5.75 Å². The third-order valence-electron chi connectivity index (χ3n) is 3.50. The van der Waals surface area contributed by atoms with Crippen LogP contribution in [0.1, 0.15) is 37.7 Å². The van der Waals surface area contributed by atoms with Gasteiger partial charge in [-0.05, 0) is 25.0 Å². The Morgan fingerprint density at radius 1 is 1.26 bits per heavy atom. The molecule has 1 N–H and O–H groups in total. The zero-order chi connectivity index (χ0) is 13.5. The van der Waals surface area contributed by atoms with E-state index >= 15 is 0 Å². The van der Waals surface area contributed by atoms with Gasteiger partial charge in [-0.25, -0.2) is 0 Å². The molecule has 1 fully saturated rings. The summed E-state index contributed by atoms with van der Waals surface area (Å²) in [6.07, 6.45) is 9.34. The number of rotatable bonds is 4. The van der Waals surface area contributed by atoms with Crippen LogP contribution in [0.5, 0.6) is 5.75 Å². The van der Waals surface area contributed by atoms with Crippen molar-refractivity contribution in [2.75, 3.05) is 7.11 Å². The molecule has 0 atom stereocenters. The van der Waals surface area contributed by atoms with Crippen molar-refractivity contribution in [3.05, 3.63) is 35.9 Å². The Bertz CT molecular complexity index is 448. The molecule has 0 heterocycles. The molecule has 0 bridgehead atoms. The molecule has 0 aromatic heterocycles. The lowest BCUT2D eigenvalue weighted by atomic mass is 9.95. The van der Waals surface area contributed by atoms with E-state index in [2.05, 4.69) is 5.32 Å². The minimum absolute atomic E-state index is 0.0159. The number of hydrogen-bond donors (Lipinski definition) is 1. The third kappa shape index (κ3) is 4.12. The van der Waals surface area contributed by atoms with E-state index in [1.165, 1.54) is 19.3 Å². The van der Waals surface area contributed by atoms with Crippen molar-refractivity contribution in [2.24, 2.45) is 0 Å². The molecule has 1 amide bonds. The van der Waals surface area contributed by atoms with Crippen molar-refractivity contribution in [1.29, 1.82) is 0 Å². The summed E-state index contributed by atoms with van der Waals surface area (Å²) in [5.74, 6) is 0.766. The molecule has 3 nitrogen and oxygen atoms in total. The first-order chi connectivity index (χ1) is 9.29. The quantitative estimate of drug-likeness (QED) is 0.843. The Morgan fingerprint density at radius 3 is 2.74 bits per heavy atom. The molecule has 1 aliphatic carbocycles. The largest absolute Gasteiger partial charge is 0.496 e. The number of carbonyl (C=O) groups excluding carboxylic acids is 1. The zero-order valence-electron chi connectivity index (χ0n) is 11.4. The average Bonchev–Trinajstić information content (AvgIpc) is 2.46. The number of nitrogens with one attached hydrogen (secondary N) is 1. The van der Waals surface area contributed by atoms with Gasteiger partial charge < -0.3 is 10.1 Å². The van der Waals surface area contributed by atoms with E-state index in [1.54, 1.807) is 19.3 Å². The summed E-state index contributed by atoms with van der Waals surface area (Å²) in [5.41, 5.74) is 0.920. The van der Waals surface area contributed by atoms with E-state index in [-0.39, 0.29) is 5.91 Å². The normalized spacial score (nSPS) is 16.5. The fraction of sp³-hybridized carbons (Fsp3) is 0.438. The highest BCUT2D eigenvalue weighted by atomic mass is 16.5. The van der Waals surface area contributed by atoms with E-state index in [0.717, 1.165) is 24.2 Å². The maximum absolute atomic E-state index is 11.8. The summed E-state index contributed by atoms with van der Waals surface area (Å²) in [6, 6.07) is 8.02. The Hall–Kier alpha value is -1.77. The predicted molar refractivity (Wildman–Crippen MR) is 77.0 cm³/mol. The molecule has 102 valence electrons. The van der Waals surface area contributed by atoms with E-state index < -0.39 is 0 Å². The number of ether oxygens (including phenoxy) is 1. The van der Waals surface area contributed by atoms with E-state index in [9.17, 15) is 4.79 Å². The van der Waals surface area contributed by atoms with Crippen molar-refractivity contribution in [2.45, 2.75) is 38.1 Å². The van der Waals surface area contributed by atoms with E-state index in [1.807, 2.05) is 24.3 Å². The molecule has 2 rings (SSSR count). The molecule has 1 aliphatic rings. The van der Waals surface area contributed by atoms with Crippen molar-refractivity contribution >= 4 is 12.0 Å². The van der Waals surface area contributed by atoms with Crippen molar-refractivity contribution in [1.82, 2.24) is 5.32 Å². The van der Waals surface area contributed by atoms with E-state index in [4.69, 9.17) is 4.74 Å². The SMILES string of the molecule is COc1ccccc1/C=C\C(=O)NC1CCCCC1. The highest BCUT2D eigenvalue weighted by Gasteiger charge is 2.14. The molecular formula is C16H21NO2. The highest BCUT2D eigenvalue weighted by molar-refractivity contribution is 5.92. The number of amides is 1. The minimum Gasteiger partial charge on any atom is -0.496 e. The first-order valence-electron chi connectivity index (χ1n) is 6.91. The van der Waals surface area contributed by atoms with Gasteiger partial charge in [0.15, 0.2) is 0 Å². The van der Waals surface area contributed by atoms with Crippen LogP contribution in [0.15, 0.2) is 30.3 Å². The van der Waals surface area contributed by atoms with Gasteiger partial charge in [0.05, 0.1) is 7.11 Å². The van der Waals surface area contributed by atoms with Gasteiger partial charge in [-0.1, -0.05) is 37.5 Å². The zero-order valence-corrected chi connectivity index (χ0v) is 11.4. The Balaban J connectivity index is 1.92. The molecule has 1 aromatic rings. The molecule has 0 aliphatic heterocycles. The van der Waals surface area contributed by atoms with Gasteiger partial charge in [0.2, 0.25) is 5.91 Å². The number of hydrogen-bond acceptors (Lipinski definition) is 2. The minimum atomic E-state index is -0.0159. The lowest BCUT2D eigenvalue weighted by molar-refractivity contribution is -0.117. The summed E-state index contributed by atoms with van der Waals surface area (Å²) in [7, 11) is 1.63. The summed E-state index contributed by atoms with van der Waals surface area (Å²) in [5, 5.41) is 3.06. The average molecular weight is 259 g/mol. The molecule has 0 spiro atoms. The van der Waals surface area contributed by atoms with Gasteiger partial charge >= 0.3 is 0 Å². The Labute approximate surface area is 114 Å². The lowest BCUT2D eigenvalue weighted by Crippen LogP contribution is -2.34. The summed E-state index contributed by atoms with van der Waals surface area (Å²) < 4.78 is 5.24. The fourth-order valence-corrected chi connectivity index (χ4v) is 2.47. The Kier molecular flexibility index (Phi) is 5.01. The van der Waals surface area contributed by atoms with Gasteiger partial charge in [0, 0.05) is 17.7 Å². The second-order valence-electron chi connectivity index (χ2n) is 4.92. The van der Waals surface area contributed by atoms with Crippen LogP contribution in [-0.2, 0) is 4.79 Å². The Morgan fingerprint density at radius 2 is 2.00 bits per heavy atom. The lowest BCUT2D eigenvalue weighted by Gasteiger charge is -2.21. The second kappa shape index (κ2) is 6.98. The molecule has 1 aromatic carbocycles. The topological polar surface area (TPSA) is 38.3 Å². The van der Waals surface area contributed by atoms with Gasteiger partial charge in [-0.15, -0.1) is 0 Å². The summed E-state index contributed by atoms with van der Waals surface area (Å²) in [6.45, 7) is 0. The van der Waals surface area contributed by atoms with Gasteiger partial charge in [-0.2, -0.15) is 0 Å². The molecule has 0 unspecified atom stereocenters. The maximum atomic E-state index is 11.8. The van der Waals surface area contributed by atoms with Crippen LogP contribution in [0.4, 0.5) is 0 Å². The second-order valence-corrected chi connectivity index (χ2v) is 4.92. The van der Waals surface area contributed by atoms with Crippen LogP contribution in [-0.4, -0.2) is 19.1 Å². The van der Waals surface area contributed by atoms with Crippen LogP contribution in [0.2, 0.25) is 0 Å². The standard InChI is InChI=1S/C16H21NO2/c1-19-15-10-6-5-7-13(15)11-12-16(18)17-14-8-3-2-4-9-14/h5-7,10-12,14H,2-4,8-9H2,1H3,(H,17,18)/b12-11-. The van der Waals surface area contributed by atoms with Crippen LogP contribution in [0, 0.1) is 0 Å². The summed E-state index contributed by atoms with van der Waals surface area (Å²) >= 11 is 0. The highest BCUT2D eigenvalue weighted by Crippen LogP contribution is 2.19. The summed E-state index contributed by atoms with van der Waals surface area (Å²) in [4.78, 5) is 11.8. The van der Waals surface area contributed by atoms with Crippen molar-refractivity contribution in [3.63, 3.8) is 0 Å². The maximum Gasteiger partial charge on any atom is 0.244 e. The van der Waals surface area contributed by atoms with Crippen LogP contribution >= 0.6 is 0 Å². The fourth-order valence-electron chi connectivity index (χ4n) is 2.47. The number of methoxy groups -OCH3 is 1.